The molecule has 21 heavy (non-hydrogen) atoms. The van der Waals surface area contributed by atoms with Crippen molar-refractivity contribution in [1.82, 2.24) is 0 Å². The van der Waals surface area contributed by atoms with Gasteiger partial charge in [0.25, 0.3) is 0 Å². The van der Waals surface area contributed by atoms with Gasteiger partial charge in [-0.15, -0.1) is 0 Å². The molecule has 0 fully saturated rings. The number of rotatable bonds is 6. The highest BCUT2D eigenvalue weighted by molar-refractivity contribution is 5.70. The van der Waals surface area contributed by atoms with Crippen LogP contribution < -0.4 is 10.1 Å². The maximum atomic E-state index is 13.6. The Morgan fingerprint density at radius 3 is 2.48 bits per heavy atom. The van der Waals surface area contributed by atoms with E-state index in [0.29, 0.717) is 18.0 Å². The standard InChI is InChI=1S/C16H16FNO3/c1-21-13-6-7-14(17)15(9-13)18-10-12-4-2-11(3-5-12)8-16(19)20/h2-7,9,18H,8,10H2,1H3,(H,19,20). The Labute approximate surface area is 122 Å². The predicted molar refractivity (Wildman–Crippen MR) is 78.1 cm³/mol. The molecule has 110 valence electrons. The average Bonchev–Trinajstić information content (AvgIpc) is 2.47. The van der Waals surface area contributed by atoms with Gasteiger partial charge in [-0.3, -0.25) is 4.79 Å². The van der Waals surface area contributed by atoms with Crippen LogP contribution in [0.2, 0.25) is 0 Å². The van der Waals surface area contributed by atoms with E-state index in [9.17, 15) is 9.18 Å². The van der Waals surface area contributed by atoms with E-state index >= 15 is 0 Å². The molecule has 0 aliphatic rings. The van der Waals surface area contributed by atoms with Crippen molar-refractivity contribution in [2.75, 3.05) is 12.4 Å². The van der Waals surface area contributed by atoms with Crippen LogP contribution >= 0.6 is 0 Å². The molecule has 0 heterocycles. The molecule has 0 saturated heterocycles. The molecular formula is C16H16FNO3. The van der Waals surface area contributed by atoms with Crippen molar-refractivity contribution in [3.8, 4) is 5.75 Å². The number of carboxylic acids is 1. The van der Waals surface area contributed by atoms with Crippen LogP contribution in [0.1, 0.15) is 11.1 Å². The molecule has 0 aliphatic carbocycles. The minimum Gasteiger partial charge on any atom is -0.497 e. The van der Waals surface area contributed by atoms with Crippen molar-refractivity contribution >= 4 is 11.7 Å². The van der Waals surface area contributed by atoms with Gasteiger partial charge in [-0.2, -0.15) is 0 Å². The number of carboxylic acid groups (broad SMARTS) is 1. The first-order valence-electron chi connectivity index (χ1n) is 6.45. The number of hydrogen-bond acceptors (Lipinski definition) is 3. The van der Waals surface area contributed by atoms with Crippen LogP contribution in [-0.2, 0) is 17.8 Å². The van der Waals surface area contributed by atoms with Crippen LogP contribution in [0.25, 0.3) is 0 Å². The fourth-order valence-electron chi connectivity index (χ4n) is 1.91. The molecule has 2 aromatic carbocycles. The SMILES string of the molecule is COc1ccc(F)c(NCc2ccc(CC(=O)O)cc2)c1. The first-order valence-corrected chi connectivity index (χ1v) is 6.45. The van der Waals surface area contributed by atoms with Gasteiger partial charge in [0.05, 0.1) is 19.2 Å². The van der Waals surface area contributed by atoms with Gasteiger partial charge in [0, 0.05) is 12.6 Å². The second kappa shape index (κ2) is 6.74. The maximum absolute atomic E-state index is 13.6. The molecule has 0 atom stereocenters. The number of aliphatic carboxylic acids is 1. The van der Waals surface area contributed by atoms with E-state index in [1.165, 1.54) is 13.2 Å². The Morgan fingerprint density at radius 2 is 1.86 bits per heavy atom. The van der Waals surface area contributed by atoms with Crippen molar-refractivity contribution in [3.63, 3.8) is 0 Å². The van der Waals surface area contributed by atoms with Crippen molar-refractivity contribution in [2.45, 2.75) is 13.0 Å². The number of anilines is 1. The molecular weight excluding hydrogens is 273 g/mol. The van der Waals surface area contributed by atoms with Crippen LogP contribution in [0.3, 0.4) is 0 Å². The highest BCUT2D eigenvalue weighted by Crippen LogP contribution is 2.21. The van der Waals surface area contributed by atoms with Crippen molar-refractivity contribution in [3.05, 3.63) is 59.4 Å². The third-order valence-electron chi connectivity index (χ3n) is 3.03. The van der Waals surface area contributed by atoms with Gasteiger partial charge in [0.1, 0.15) is 11.6 Å². The quantitative estimate of drug-likeness (QED) is 0.858. The number of carbonyl (C=O) groups is 1. The van der Waals surface area contributed by atoms with E-state index in [1.54, 1.807) is 24.3 Å². The molecule has 0 aromatic heterocycles. The normalized spacial score (nSPS) is 10.2. The Bertz CT molecular complexity index is 626. The Morgan fingerprint density at radius 1 is 1.19 bits per heavy atom. The lowest BCUT2D eigenvalue weighted by atomic mass is 10.1. The summed E-state index contributed by atoms with van der Waals surface area (Å²) >= 11 is 0. The molecule has 0 bridgehead atoms. The molecule has 2 aromatic rings. The van der Waals surface area contributed by atoms with Crippen molar-refractivity contribution in [2.24, 2.45) is 0 Å². The van der Waals surface area contributed by atoms with Crippen molar-refractivity contribution < 1.29 is 19.0 Å². The zero-order valence-corrected chi connectivity index (χ0v) is 11.6. The zero-order valence-electron chi connectivity index (χ0n) is 11.6. The first-order chi connectivity index (χ1) is 10.1. The summed E-state index contributed by atoms with van der Waals surface area (Å²) in [6, 6.07) is 11.7. The smallest absolute Gasteiger partial charge is 0.307 e. The van der Waals surface area contributed by atoms with E-state index in [-0.39, 0.29) is 12.2 Å². The van der Waals surface area contributed by atoms with E-state index in [1.807, 2.05) is 12.1 Å². The summed E-state index contributed by atoms with van der Waals surface area (Å²) < 4.78 is 18.7. The van der Waals surface area contributed by atoms with Crippen LogP contribution in [0.4, 0.5) is 10.1 Å². The van der Waals surface area contributed by atoms with Gasteiger partial charge in [-0.25, -0.2) is 4.39 Å². The molecule has 2 rings (SSSR count). The van der Waals surface area contributed by atoms with Gasteiger partial charge < -0.3 is 15.2 Å². The number of hydrogen-bond donors (Lipinski definition) is 2. The second-order valence-electron chi connectivity index (χ2n) is 4.59. The lowest BCUT2D eigenvalue weighted by Crippen LogP contribution is -2.03. The Hall–Kier alpha value is -2.56. The van der Waals surface area contributed by atoms with E-state index in [4.69, 9.17) is 9.84 Å². The van der Waals surface area contributed by atoms with Gasteiger partial charge >= 0.3 is 5.97 Å². The van der Waals surface area contributed by atoms with Gasteiger partial charge in [-0.05, 0) is 23.3 Å². The number of benzene rings is 2. The van der Waals surface area contributed by atoms with Crippen LogP contribution in [0, 0.1) is 5.82 Å². The third kappa shape index (κ3) is 4.21. The summed E-state index contributed by atoms with van der Waals surface area (Å²) in [6.07, 6.45) is -0.00177. The Kier molecular flexibility index (Phi) is 4.77. The maximum Gasteiger partial charge on any atom is 0.307 e. The summed E-state index contributed by atoms with van der Waals surface area (Å²) in [5.41, 5.74) is 2.04. The third-order valence-corrected chi connectivity index (χ3v) is 3.03. The summed E-state index contributed by atoms with van der Waals surface area (Å²) in [4.78, 5) is 10.6. The first kappa shape index (κ1) is 14.8. The lowest BCUT2D eigenvalue weighted by molar-refractivity contribution is -0.136. The number of ether oxygens (including phenoxy) is 1. The second-order valence-corrected chi connectivity index (χ2v) is 4.59. The summed E-state index contributed by atoms with van der Waals surface area (Å²) in [5.74, 6) is -0.631. The minimum atomic E-state index is -0.862. The van der Waals surface area contributed by atoms with E-state index in [2.05, 4.69) is 5.32 Å². The highest BCUT2D eigenvalue weighted by atomic mass is 19.1. The van der Waals surface area contributed by atoms with Crippen LogP contribution in [0.15, 0.2) is 42.5 Å². The largest absolute Gasteiger partial charge is 0.497 e. The van der Waals surface area contributed by atoms with Gasteiger partial charge in [-0.1, -0.05) is 24.3 Å². The van der Waals surface area contributed by atoms with E-state index in [0.717, 1.165) is 11.1 Å². The summed E-state index contributed by atoms with van der Waals surface area (Å²) in [7, 11) is 1.53. The molecule has 4 nitrogen and oxygen atoms in total. The average molecular weight is 289 g/mol. The molecule has 0 spiro atoms. The molecule has 0 aliphatic heterocycles. The van der Waals surface area contributed by atoms with Gasteiger partial charge in [0.15, 0.2) is 0 Å². The lowest BCUT2D eigenvalue weighted by Gasteiger charge is -2.10. The molecule has 2 N–H and O–H groups in total. The molecule has 0 unspecified atom stereocenters. The topological polar surface area (TPSA) is 58.6 Å². The summed E-state index contributed by atoms with van der Waals surface area (Å²) in [5, 5.41) is 11.7. The zero-order chi connectivity index (χ0) is 15.2. The van der Waals surface area contributed by atoms with Crippen LogP contribution in [0.5, 0.6) is 5.75 Å². The van der Waals surface area contributed by atoms with Crippen LogP contribution in [-0.4, -0.2) is 18.2 Å². The predicted octanol–water partition coefficient (Wildman–Crippen LogP) is 3.07. The number of methoxy groups -OCH3 is 1. The molecule has 0 radical (unpaired) electrons. The summed E-state index contributed by atoms with van der Waals surface area (Å²) in [6.45, 7) is 0.442. The fraction of sp³-hybridized carbons (Fsp3) is 0.188. The number of nitrogens with one attached hydrogen (secondary N) is 1. The number of halogens is 1. The van der Waals surface area contributed by atoms with Crippen molar-refractivity contribution in [1.29, 1.82) is 0 Å². The molecule has 0 saturated carbocycles. The molecule has 0 amide bonds. The molecule has 5 heteroatoms. The minimum absolute atomic E-state index is 0.00177. The van der Waals surface area contributed by atoms with Gasteiger partial charge in [0.2, 0.25) is 0 Å². The van der Waals surface area contributed by atoms with E-state index < -0.39 is 5.97 Å². The monoisotopic (exact) mass is 289 g/mol. The fourth-order valence-corrected chi connectivity index (χ4v) is 1.91. The highest BCUT2D eigenvalue weighted by Gasteiger charge is 2.04. The Balaban J connectivity index is 2.01.